The normalized spacial score (nSPS) is 20.1. The SMILES string of the molecule is C=CCNC(=O)C1CC1C(=O)Nc1cc(C)ccc1C. The van der Waals surface area contributed by atoms with Gasteiger partial charge >= 0.3 is 0 Å². The van der Waals surface area contributed by atoms with Gasteiger partial charge in [0.05, 0.1) is 11.8 Å². The van der Waals surface area contributed by atoms with Crippen molar-refractivity contribution in [3.05, 3.63) is 42.0 Å². The van der Waals surface area contributed by atoms with Gasteiger partial charge in [0.15, 0.2) is 0 Å². The third-order valence-corrected chi connectivity index (χ3v) is 3.54. The second-order valence-electron chi connectivity index (χ2n) is 5.29. The average Bonchev–Trinajstić information content (AvgIpc) is 3.20. The number of carbonyl (C=O) groups excluding carboxylic acids is 2. The quantitative estimate of drug-likeness (QED) is 0.807. The molecule has 20 heavy (non-hydrogen) atoms. The fourth-order valence-electron chi connectivity index (χ4n) is 2.17. The van der Waals surface area contributed by atoms with Crippen LogP contribution in [0.2, 0.25) is 0 Å². The zero-order valence-corrected chi connectivity index (χ0v) is 11.9. The van der Waals surface area contributed by atoms with E-state index in [1.165, 1.54) is 0 Å². The molecule has 0 bridgehead atoms. The number of hydrogen-bond donors (Lipinski definition) is 2. The first-order valence-corrected chi connectivity index (χ1v) is 6.79. The first-order chi connectivity index (χ1) is 9.52. The number of rotatable bonds is 5. The van der Waals surface area contributed by atoms with Crippen LogP contribution in [0.1, 0.15) is 17.5 Å². The molecule has 0 heterocycles. The summed E-state index contributed by atoms with van der Waals surface area (Å²) in [5.74, 6) is -0.539. The topological polar surface area (TPSA) is 58.2 Å². The van der Waals surface area contributed by atoms with E-state index < -0.39 is 0 Å². The third-order valence-electron chi connectivity index (χ3n) is 3.54. The standard InChI is InChI=1S/C16H20N2O2/c1-4-7-17-15(19)12-9-13(12)16(20)18-14-8-10(2)5-6-11(14)3/h4-6,8,12-13H,1,7,9H2,2-3H3,(H,17,19)(H,18,20). The summed E-state index contributed by atoms with van der Waals surface area (Å²) in [6.45, 7) is 7.93. The Labute approximate surface area is 119 Å². The number of carbonyl (C=O) groups is 2. The molecule has 106 valence electrons. The maximum absolute atomic E-state index is 12.1. The van der Waals surface area contributed by atoms with Gasteiger partial charge in [0.2, 0.25) is 11.8 Å². The van der Waals surface area contributed by atoms with Gasteiger partial charge in [-0.1, -0.05) is 18.2 Å². The van der Waals surface area contributed by atoms with Crippen LogP contribution in [-0.4, -0.2) is 18.4 Å². The summed E-state index contributed by atoms with van der Waals surface area (Å²) in [5.41, 5.74) is 2.95. The van der Waals surface area contributed by atoms with E-state index in [0.29, 0.717) is 13.0 Å². The minimum absolute atomic E-state index is 0.0639. The predicted octanol–water partition coefficient (Wildman–Crippen LogP) is 2.18. The zero-order chi connectivity index (χ0) is 14.7. The van der Waals surface area contributed by atoms with E-state index in [2.05, 4.69) is 17.2 Å². The van der Waals surface area contributed by atoms with Crippen molar-refractivity contribution < 1.29 is 9.59 Å². The Balaban J connectivity index is 1.92. The van der Waals surface area contributed by atoms with Crippen LogP contribution in [0.15, 0.2) is 30.9 Å². The first-order valence-electron chi connectivity index (χ1n) is 6.79. The molecule has 1 fully saturated rings. The summed E-state index contributed by atoms with van der Waals surface area (Å²) in [7, 11) is 0. The molecule has 0 aliphatic heterocycles. The van der Waals surface area contributed by atoms with Crippen molar-refractivity contribution in [3.8, 4) is 0 Å². The molecule has 1 aliphatic rings. The molecular formula is C16H20N2O2. The van der Waals surface area contributed by atoms with E-state index in [-0.39, 0.29) is 23.7 Å². The van der Waals surface area contributed by atoms with Gasteiger partial charge in [0.25, 0.3) is 0 Å². The minimum atomic E-state index is -0.209. The highest BCUT2D eigenvalue weighted by Crippen LogP contribution is 2.39. The molecule has 2 rings (SSSR count). The maximum Gasteiger partial charge on any atom is 0.228 e. The molecule has 1 saturated carbocycles. The molecule has 1 aliphatic carbocycles. The Hall–Kier alpha value is -2.10. The van der Waals surface area contributed by atoms with Gasteiger partial charge in [0, 0.05) is 12.2 Å². The van der Waals surface area contributed by atoms with Gasteiger partial charge in [-0.15, -0.1) is 6.58 Å². The van der Waals surface area contributed by atoms with E-state index in [4.69, 9.17) is 0 Å². The van der Waals surface area contributed by atoms with Crippen molar-refractivity contribution in [2.75, 3.05) is 11.9 Å². The Morgan fingerprint density at radius 3 is 2.70 bits per heavy atom. The largest absolute Gasteiger partial charge is 0.352 e. The third kappa shape index (κ3) is 3.26. The molecule has 1 aromatic rings. The number of nitrogens with one attached hydrogen (secondary N) is 2. The van der Waals surface area contributed by atoms with Crippen molar-refractivity contribution in [2.45, 2.75) is 20.3 Å². The van der Waals surface area contributed by atoms with Gasteiger partial charge in [-0.3, -0.25) is 9.59 Å². The van der Waals surface area contributed by atoms with E-state index in [0.717, 1.165) is 16.8 Å². The van der Waals surface area contributed by atoms with Crippen molar-refractivity contribution in [1.82, 2.24) is 5.32 Å². The fraction of sp³-hybridized carbons (Fsp3) is 0.375. The van der Waals surface area contributed by atoms with Crippen molar-refractivity contribution >= 4 is 17.5 Å². The Kier molecular flexibility index (Phi) is 4.23. The van der Waals surface area contributed by atoms with Crippen LogP contribution in [0.25, 0.3) is 0 Å². The highest BCUT2D eigenvalue weighted by atomic mass is 16.2. The van der Waals surface area contributed by atoms with Crippen molar-refractivity contribution in [3.63, 3.8) is 0 Å². The molecule has 0 radical (unpaired) electrons. The Morgan fingerprint density at radius 1 is 1.30 bits per heavy atom. The van der Waals surface area contributed by atoms with Crippen molar-refractivity contribution in [2.24, 2.45) is 11.8 Å². The van der Waals surface area contributed by atoms with Gasteiger partial charge < -0.3 is 10.6 Å². The molecule has 0 aromatic heterocycles. The maximum atomic E-state index is 12.1. The van der Waals surface area contributed by atoms with Gasteiger partial charge in [-0.05, 0) is 37.5 Å². The lowest BCUT2D eigenvalue weighted by atomic mass is 10.1. The number of amides is 2. The second kappa shape index (κ2) is 5.90. The van der Waals surface area contributed by atoms with Gasteiger partial charge in [-0.2, -0.15) is 0 Å². The highest BCUT2D eigenvalue weighted by molar-refractivity contribution is 5.99. The Bertz CT molecular complexity index is 551. The molecule has 2 unspecified atom stereocenters. The highest BCUT2D eigenvalue weighted by Gasteiger charge is 2.47. The molecule has 4 nitrogen and oxygen atoms in total. The lowest BCUT2D eigenvalue weighted by molar-refractivity contribution is -0.125. The predicted molar refractivity (Wildman–Crippen MR) is 79.3 cm³/mol. The second-order valence-corrected chi connectivity index (χ2v) is 5.29. The van der Waals surface area contributed by atoms with E-state index in [1.54, 1.807) is 6.08 Å². The molecule has 2 N–H and O–H groups in total. The van der Waals surface area contributed by atoms with Gasteiger partial charge in [0.1, 0.15) is 0 Å². The number of hydrogen-bond acceptors (Lipinski definition) is 2. The minimum Gasteiger partial charge on any atom is -0.352 e. The lowest BCUT2D eigenvalue weighted by Crippen LogP contribution is -2.27. The fourth-order valence-corrected chi connectivity index (χ4v) is 2.17. The number of anilines is 1. The summed E-state index contributed by atoms with van der Waals surface area (Å²) in [5, 5.41) is 5.64. The molecule has 0 saturated heterocycles. The Morgan fingerprint density at radius 2 is 2.00 bits per heavy atom. The molecule has 1 aromatic carbocycles. The van der Waals surface area contributed by atoms with E-state index >= 15 is 0 Å². The van der Waals surface area contributed by atoms with Crippen LogP contribution >= 0.6 is 0 Å². The lowest BCUT2D eigenvalue weighted by Gasteiger charge is -2.09. The first kappa shape index (κ1) is 14.3. The molecule has 0 spiro atoms. The number of aryl methyl sites for hydroxylation is 2. The van der Waals surface area contributed by atoms with E-state index in [9.17, 15) is 9.59 Å². The van der Waals surface area contributed by atoms with Crippen LogP contribution in [0.3, 0.4) is 0 Å². The smallest absolute Gasteiger partial charge is 0.228 e. The summed E-state index contributed by atoms with van der Waals surface area (Å²) in [4.78, 5) is 23.8. The van der Waals surface area contributed by atoms with Crippen molar-refractivity contribution in [1.29, 1.82) is 0 Å². The monoisotopic (exact) mass is 272 g/mol. The summed E-state index contributed by atoms with van der Waals surface area (Å²) in [6.07, 6.45) is 2.26. The van der Waals surface area contributed by atoms with Crippen LogP contribution in [0.4, 0.5) is 5.69 Å². The molecular weight excluding hydrogens is 252 g/mol. The molecule has 2 atom stereocenters. The number of benzene rings is 1. The van der Waals surface area contributed by atoms with Crippen LogP contribution in [-0.2, 0) is 9.59 Å². The van der Waals surface area contributed by atoms with Crippen LogP contribution in [0, 0.1) is 25.7 Å². The molecule has 2 amide bonds. The average molecular weight is 272 g/mol. The summed E-state index contributed by atoms with van der Waals surface area (Å²) < 4.78 is 0. The van der Waals surface area contributed by atoms with Crippen LogP contribution < -0.4 is 10.6 Å². The molecule has 4 heteroatoms. The zero-order valence-electron chi connectivity index (χ0n) is 11.9. The summed E-state index contributed by atoms with van der Waals surface area (Å²) >= 11 is 0. The van der Waals surface area contributed by atoms with Crippen LogP contribution in [0.5, 0.6) is 0 Å². The van der Waals surface area contributed by atoms with E-state index in [1.807, 2.05) is 32.0 Å². The summed E-state index contributed by atoms with van der Waals surface area (Å²) in [6, 6.07) is 5.93. The van der Waals surface area contributed by atoms with Gasteiger partial charge in [-0.25, -0.2) is 0 Å².